The molecule has 0 saturated carbocycles. The highest BCUT2D eigenvalue weighted by Gasteiger charge is 2.16. The highest BCUT2D eigenvalue weighted by Crippen LogP contribution is 2.19. The second kappa shape index (κ2) is 6.91. The summed E-state index contributed by atoms with van der Waals surface area (Å²) in [6.07, 6.45) is 4.92. The third-order valence-corrected chi connectivity index (χ3v) is 3.48. The van der Waals surface area contributed by atoms with Gasteiger partial charge in [-0.3, -0.25) is 9.36 Å². The minimum atomic E-state index is -0.527. The SMILES string of the molecule is COC(=O)c1cc(C)ccc1NC(=O)c1ccc(-n2ccnc2)nn1. The van der Waals surface area contributed by atoms with E-state index >= 15 is 0 Å². The monoisotopic (exact) mass is 337 g/mol. The van der Waals surface area contributed by atoms with Crippen molar-refractivity contribution in [2.45, 2.75) is 6.92 Å². The van der Waals surface area contributed by atoms with Crippen LogP contribution in [0, 0.1) is 6.92 Å². The van der Waals surface area contributed by atoms with Gasteiger partial charge in [-0.05, 0) is 31.2 Å². The number of rotatable bonds is 4. The van der Waals surface area contributed by atoms with Crippen LogP contribution in [-0.4, -0.2) is 38.7 Å². The van der Waals surface area contributed by atoms with Gasteiger partial charge in [-0.15, -0.1) is 10.2 Å². The van der Waals surface area contributed by atoms with Crippen LogP contribution < -0.4 is 5.32 Å². The zero-order valence-corrected chi connectivity index (χ0v) is 13.6. The molecule has 2 heterocycles. The smallest absolute Gasteiger partial charge is 0.339 e. The molecular weight excluding hydrogens is 322 g/mol. The molecule has 1 N–H and O–H groups in total. The molecule has 0 bridgehead atoms. The maximum Gasteiger partial charge on any atom is 0.339 e. The lowest BCUT2D eigenvalue weighted by atomic mass is 10.1. The lowest BCUT2D eigenvalue weighted by Gasteiger charge is -2.10. The Hall–Kier alpha value is -3.55. The van der Waals surface area contributed by atoms with Gasteiger partial charge in [-0.2, -0.15) is 0 Å². The van der Waals surface area contributed by atoms with Crippen LogP contribution in [0.4, 0.5) is 5.69 Å². The van der Waals surface area contributed by atoms with Gasteiger partial charge < -0.3 is 10.1 Å². The van der Waals surface area contributed by atoms with Crippen molar-refractivity contribution in [3.05, 3.63) is 65.9 Å². The number of nitrogens with zero attached hydrogens (tertiary/aromatic N) is 4. The lowest BCUT2D eigenvalue weighted by Crippen LogP contribution is -2.17. The van der Waals surface area contributed by atoms with Crippen LogP contribution >= 0.6 is 0 Å². The zero-order valence-electron chi connectivity index (χ0n) is 13.6. The van der Waals surface area contributed by atoms with E-state index in [2.05, 4.69) is 20.5 Å². The molecule has 0 fully saturated rings. The van der Waals surface area contributed by atoms with E-state index in [0.29, 0.717) is 11.5 Å². The van der Waals surface area contributed by atoms with Gasteiger partial charge in [0, 0.05) is 12.4 Å². The Morgan fingerprint density at radius 1 is 1.16 bits per heavy atom. The quantitative estimate of drug-likeness (QED) is 0.731. The summed E-state index contributed by atoms with van der Waals surface area (Å²) in [6.45, 7) is 1.85. The number of imidazole rings is 1. The van der Waals surface area contributed by atoms with Crippen molar-refractivity contribution >= 4 is 17.6 Å². The fraction of sp³-hybridized carbons (Fsp3) is 0.118. The fourth-order valence-electron chi connectivity index (χ4n) is 2.21. The van der Waals surface area contributed by atoms with Crippen LogP contribution in [0.5, 0.6) is 0 Å². The van der Waals surface area contributed by atoms with Crippen LogP contribution in [0.15, 0.2) is 49.1 Å². The molecule has 2 aromatic heterocycles. The Morgan fingerprint density at radius 3 is 2.64 bits per heavy atom. The van der Waals surface area contributed by atoms with Gasteiger partial charge in [0.15, 0.2) is 11.5 Å². The normalized spacial score (nSPS) is 10.3. The molecule has 0 aliphatic rings. The molecular formula is C17H15N5O3. The van der Waals surface area contributed by atoms with Gasteiger partial charge >= 0.3 is 5.97 Å². The Morgan fingerprint density at radius 2 is 2.00 bits per heavy atom. The Bertz CT molecular complexity index is 905. The molecule has 126 valence electrons. The summed E-state index contributed by atoms with van der Waals surface area (Å²) in [7, 11) is 1.29. The van der Waals surface area contributed by atoms with Crippen molar-refractivity contribution in [1.29, 1.82) is 0 Å². The number of carbonyl (C=O) groups is 2. The number of carbonyl (C=O) groups excluding carboxylic acids is 2. The van der Waals surface area contributed by atoms with Gasteiger partial charge in [0.2, 0.25) is 0 Å². The summed E-state index contributed by atoms with van der Waals surface area (Å²) in [5.41, 5.74) is 1.63. The molecule has 8 heteroatoms. The molecule has 0 aliphatic heterocycles. The second-order valence-electron chi connectivity index (χ2n) is 5.24. The van der Waals surface area contributed by atoms with Crippen molar-refractivity contribution in [1.82, 2.24) is 19.7 Å². The number of anilines is 1. The molecule has 3 aromatic rings. The van der Waals surface area contributed by atoms with E-state index in [1.54, 1.807) is 53.6 Å². The van der Waals surface area contributed by atoms with E-state index in [-0.39, 0.29) is 11.3 Å². The van der Waals surface area contributed by atoms with E-state index < -0.39 is 11.9 Å². The molecule has 0 unspecified atom stereocenters. The molecule has 0 radical (unpaired) electrons. The molecule has 3 rings (SSSR count). The summed E-state index contributed by atoms with van der Waals surface area (Å²) in [5.74, 6) is -0.459. The minimum absolute atomic E-state index is 0.125. The van der Waals surface area contributed by atoms with Crippen molar-refractivity contribution in [2.75, 3.05) is 12.4 Å². The maximum atomic E-state index is 12.4. The summed E-state index contributed by atoms with van der Waals surface area (Å²) in [6, 6.07) is 8.28. The molecule has 8 nitrogen and oxygen atoms in total. The predicted molar refractivity (Wildman–Crippen MR) is 89.6 cm³/mol. The van der Waals surface area contributed by atoms with Crippen LogP contribution in [-0.2, 0) is 4.74 Å². The second-order valence-corrected chi connectivity index (χ2v) is 5.24. The van der Waals surface area contributed by atoms with E-state index in [9.17, 15) is 9.59 Å². The minimum Gasteiger partial charge on any atom is -0.465 e. The average Bonchev–Trinajstić information content (AvgIpc) is 3.17. The first-order valence-corrected chi connectivity index (χ1v) is 7.41. The summed E-state index contributed by atoms with van der Waals surface area (Å²) in [4.78, 5) is 28.2. The molecule has 0 aliphatic carbocycles. The molecule has 1 aromatic carbocycles. The number of ether oxygens (including phenoxy) is 1. The molecule has 0 spiro atoms. The fourth-order valence-corrected chi connectivity index (χ4v) is 2.21. The van der Waals surface area contributed by atoms with E-state index in [4.69, 9.17) is 4.74 Å². The van der Waals surface area contributed by atoms with Gasteiger partial charge in [0.25, 0.3) is 5.91 Å². The van der Waals surface area contributed by atoms with Crippen LogP contribution in [0.25, 0.3) is 5.82 Å². The third-order valence-electron chi connectivity index (χ3n) is 3.48. The van der Waals surface area contributed by atoms with Gasteiger partial charge in [0.05, 0.1) is 18.4 Å². The number of hydrogen-bond donors (Lipinski definition) is 1. The Labute approximate surface area is 143 Å². The largest absolute Gasteiger partial charge is 0.465 e. The summed E-state index contributed by atoms with van der Waals surface area (Å²) >= 11 is 0. The lowest BCUT2D eigenvalue weighted by molar-refractivity contribution is 0.0602. The Balaban J connectivity index is 1.82. The Kier molecular flexibility index (Phi) is 4.51. The van der Waals surface area contributed by atoms with Crippen molar-refractivity contribution in [3.8, 4) is 5.82 Å². The van der Waals surface area contributed by atoms with Crippen LogP contribution in [0.3, 0.4) is 0 Å². The van der Waals surface area contributed by atoms with E-state index in [1.807, 2.05) is 6.92 Å². The number of hydrogen-bond acceptors (Lipinski definition) is 6. The zero-order chi connectivity index (χ0) is 17.8. The van der Waals surface area contributed by atoms with Crippen molar-refractivity contribution in [2.24, 2.45) is 0 Å². The standard InChI is InChI=1S/C17H15N5O3/c1-11-3-4-13(12(9-11)17(24)25-2)19-16(23)14-5-6-15(21-20-14)22-8-7-18-10-22/h3-10H,1-2H3,(H,19,23). The van der Waals surface area contributed by atoms with E-state index in [0.717, 1.165) is 5.56 Å². The number of aryl methyl sites for hydroxylation is 1. The highest BCUT2D eigenvalue weighted by molar-refractivity contribution is 6.07. The van der Waals surface area contributed by atoms with E-state index in [1.165, 1.54) is 7.11 Å². The number of benzene rings is 1. The van der Waals surface area contributed by atoms with Gasteiger partial charge in [-0.25, -0.2) is 9.78 Å². The van der Waals surface area contributed by atoms with Gasteiger partial charge in [-0.1, -0.05) is 11.6 Å². The first kappa shape index (κ1) is 16.3. The van der Waals surface area contributed by atoms with Crippen LogP contribution in [0.2, 0.25) is 0 Å². The number of methoxy groups -OCH3 is 1. The maximum absolute atomic E-state index is 12.4. The molecule has 25 heavy (non-hydrogen) atoms. The number of aromatic nitrogens is 4. The first-order valence-electron chi connectivity index (χ1n) is 7.41. The van der Waals surface area contributed by atoms with Crippen LogP contribution in [0.1, 0.15) is 26.4 Å². The van der Waals surface area contributed by atoms with Crippen molar-refractivity contribution in [3.63, 3.8) is 0 Å². The molecule has 0 saturated heterocycles. The topological polar surface area (TPSA) is 99.0 Å². The molecule has 0 atom stereocenters. The number of esters is 1. The number of nitrogens with one attached hydrogen (secondary N) is 1. The summed E-state index contributed by atoms with van der Waals surface area (Å²) in [5, 5.41) is 10.6. The number of amides is 1. The molecule has 1 amide bonds. The average molecular weight is 337 g/mol. The summed E-state index contributed by atoms with van der Waals surface area (Å²) < 4.78 is 6.42. The first-order chi connectivity index (χ1) is 12.1. The van der Waals surface area contributed by atoms with Crippen molar-refractivity contribution < 1.29 is 14.3 Å². The predicted octanol–water partition coefficient (Wildman–Crippen LogP) is 2.01. The highest BCUT2D eigenvalue weighted by atomic mass is 16.5. The third kappa shape index (κ3) is 3.52. The van der Waals surface area contributed by atoms with Gasteiger partial charge in [0.1, 0.15) is 6.33 Å².